The Bertz CT molecular complexity index is 574. The van der Waals surface area contributed by atoms with E-state index < -0.39 is 11.5 Å². The van der Waals surface area contributed by atoms with Gasteiger partial charge in [0.1, 0.15) is 5.60 Å². The Morgan fingerprint density at radius 1 is 0.900 bits per heavy atom. The largest absolute Gasteiger partial charge is 0.379 e. The van der Waals surface area contributed by atoms with E-state index >= 15 is 0 Å². The molecule has 0 aliphatic carbocycles. The molecule has 1 atom stereocenters. The van der Waals surface area contributed by atoms with E-state index in [1.54, 1.807) is 6.92 Å². The van der Waals surface area contributed by atoms with Gasteiger partial charge in [0.25, 0.3) is 0 Å². The molecule has 0 fully saturated rings. The summed E-state index contributed by atoms with van der Waals surface area (Å²) < 4.78 is 0. The molecule has 0 saturated heterocycles. The Hall–Kier alpha value is -2.11. The standard InChI is InChI=1S/C18H19NO/c1-13-4-8-16(9-5-13)18(20,15(3)12-19)17-10-6-14(2)7-11-17/h4-11,15,20H,1-3H3. The summed E-state index contributed by atoms with van der Waals surface area (Å²) in [5.74, 6) is -0.534. The van der Waals surface area contributed by atoms with Crippen LogP contribution in [0.25, 0.3) is 0 Å². The Morgan fingerprint density at radius 2 is 1.25 bits per heavy atom. The van der Waals surface area contributed by atoms with Crippen LogP contribution in [0.1, 0.15) is 29.2 Å². The Balaban J connectivity index is 2.59. The van der Waals surface area contributed by atoms with Crippen molar-refractivity contribution in [1.82, 2.24) is 0 Å². The van der Waals surface area contributed by atoms with Gasteiger partial charge in [-0.25, -0.2) is 0 Å². The first-order valence-electron chi connectivity index (χ1n) is 6.74. The molecule has 2 rings (SSSR count). The third-order valence-electron chi connectivity index (χ3n) is 3.80. The fourth-order valence-corrected chi connectivity index (χ4v) is 2.38. The van der Waals surface area contributed by atoms with Crippen LogP contribution >= 0.6 is 0 Å². The van der Waals surface area contributed by atoms with Crippen molar-refractivity contribution < 1.29 is 5.11 Å². The van der Waals surface area contributed by atoms with Gasteiger partial charge in [0.05, 0.1) is 12.0 Å². The number of aliphatic hydroxyl groups is 1. The molecule has 20 heavy (non-hydrogen) atoms. The number of hydrogen-bond donors (Lipinski definition) is 1. The number of benzene rings is 2. The normalized spacial score (nSPS) is 12.8. The molecule has 0 radical (unpaired) electrons. The van der Waals surface area contributed by atoms with Gasteiger partial charge in [-0.1, -0.05) is 59.7 Å². The van der Waals surface area contributed by atoms with Gasteiger partial charge in [-0.15, -0.1) is 0 Å². The molecule has 2 nitrogen and oxygen atoms in total. The zero-order chi connectivity index (χ0) is 14.8. The minimum absolute atomic E-state index is 0.534. The average molecular weight is 265 g/mol. The first kappa shape index (κ1) is 14.3. The number of rotatable bonds is 3. The Morgan fingerprint density at radius 3 is 1.55 bits per heavy atom. The Labute approximate surface area is 120 Å². The molecule has 102 valence electrons. The van der Waals surface area contributed by atoms with Gasteiger partial charge in [-0.2, -0.15) is 5.26 Å². The average Bonchev–Trinajstić information content (AvgIpc) is 2.47. The second-order valence-corrected chi connectivity index (χ2v) is 5.35. The first-order chi connectivity index (χ1) is 9.48. The molecule has 0 heterocycles. The summed E-state index contributed by atoms with van der Waals surface area (Å²) in [5, 5.41) is 20.5. The molecule has 0 spiro atoms. The molecule has 2 aromatic carbocycles. The predicted octanol–water partition coefficient (Wildman–Crippen LogP) is 3.70. The molecule has 0 bridgehead atoms. The number of hydrogen-bond acceptors (Lipinski definition) is 2. The van der Waals surface area contributed by atoms with Gasteiger partial charge in [0.2, 0.25) is 0 Å². The fourth-order valence-electron chi connectivity index (χ4n) is 2.38. The van der Waals surface area contributed by atoms with Crippen LogP contribution in [0.4, 0.5) is 0 Å². The highest BCUT2D eigenvalue weighted by Crippen LogP contribution is 2.36. The summed E-state index contributed by atoms with van der Waals surface area (Å²) in [6.45, 7) is 5.75. The summed E-state index contributed by atoms with van der Waals surface area (Å²) in [7, 11) is 0. The maximum atomic E-state index is 11.2. The van der Waals surface area contributed by atoms with E-state index in [0.29, 0.717) is 0 Å². The van der Waals surface area contributed by atoms with Crippen molar-refractivity contribution in [3.05, 3.63) is 70.8 Å². The highest BCUT2D eigenvalue weighted by molar-refractivity contribution is 5.40. The summed E-state index contributed by atoms with van der Waals surface area (Å²) in [5.41, 5.74) is 2.48. The van der Waals surface area contributed by atoms with Crippen LogP contribution in [0.15, 0.2) is 48.5 Å². The van der Waals surface area contributed by atoms with Crippen molar-refractivity contribution in [2.45, 2.75) is 26.4 Å². The van der Waals surface area contributed by atoms with Crippen LogP contribution in [-0.4, -0.2) is 5.11 Å². The molecular weight excluding hydrogens is 246 g/mol. The van der Waals surface area contributed by atoms with Gasteiger partial charge < -0.3 is 5.11 Å². The van der Waals surface area contributed by atoms with E-state index in [1.807, 2.05) is 62.4 Å². The lowest BCUT2D eigenvalue weighted by molar-refractivity contribution is 0.0463. The fraction of sp³-hybridized carbons (Fsp3) is 0.278. The molecule has 2 aromatic rings. The molecular formula is C18H19NO. The van der Waals surface area contributed by atoms with E-state index in [4.69, 9.17) is 0 Å². The molecule has 0 aliphatic rings. The highest BCUT2D eigenvalue weighted by Gasteiger charge is 2.37. The van der Waals surface area contributed by atoms with Crippen molar-refractivity contribution in [3.63, 3.8) is 0 Å². The predicted molar refractivity (Wildman–Crippen MR) is 80.1 cm³/mol. The lowest BCUT2D eigenvalue weighted by Crippen LogP contribution is -2.34. The van der Waals surface area contributed by atoms with Gasteiger partial charge in [0, 0.05) is 0 Å². The van der Waals surface area contributed by atoms with Gasteiger partial charge in [-0.3, -0.25) is 0 Å². The lowest BCUT2D eigenvalue weighted by atomic mass is 9.77. The number of nitrogens with zero attached hydrogens (tertiary/aromatic N) is 1. The maximum Gasteiger partial charge on any atom is 0.130 e. The Kier molecular flexibility index (Phi) is 3.92. The molecule has 0 amide bonds. The smallest absolute Gasteiger partial charge is 0.130 e. The van der Waals surface area contributed by atoms with E-state index in [-0.39, 0.29) is 0 Å². The highest BCUT2D eigenvalue weighted by atomic mass is 16.3. The van der Waals surface area contributed by atoms with Crippen molar-refractivity contribution in [2.24, 2.45) is 5.92 Å². The molecule has 2 heteroatoms. The molecule has 1 unspecified atom stereocenters. The third-order valence-corrected chi connectivity index (χ3v) is 3.80. The van der Waals surface area contributed by atoms with Crippen LogP contribution in [0, 0.1) is 31.1 Å². The monoisotopic (exact) mass is 265 g/mol. The lowest BCUT2D eigenvalue weighted by Gasteiger charge is -2.32. The van der Waals surface area contributed by atoms with Crippen molar-refractivity contribution >= 4 is 0 Å². The van der Waals surface area contributed by atoms with Gasteiger partial charge in [-0.05, 0) is 31.9 Å². The summed E-state index contributed by atoms with van der Waals surface area (Å²) in [6.07, 6.45) is 0. The van der Waals surface area contributed by atoms with E-state index in [2.05, 4.69) is 6.07 Å². The van der Waals surface area contributed by atoms with E-state index in [1.165, 1.54) is 0 Å². The first-order valence-corrected chi connectivity index (χ1v) is 6.74. The SMILES string of the molecule is Cc1ccc(C(O)(c2ccc(C)cc2)C(C)C#N)cc1. The van der Waals surface area contributed by atoms with Crippen LogP contribution < -0.4 is 0 Å². The van der Waals surface area contributed by atoms with Crippen LogP contribution in [0.2, 0.25) is 0 Å². The van der Waals surface area contributed by atoms with E-state index in [9.17, 15) is 10.4 Å². The topological polar surface area (TPSA) is 44.0 Å². The van der Waals surface area contributed by atoms with Crippen molar-refractivity contribution in [2.75, 3.05) is 0 Å². The van der Waals surface area contributed by atoms with Crippen molar-refractivity contribution in [3.8, 4) is 6.07 Å². The maximum absolute atomic E-state index is 11.2. The van der Waals surface area contributed by atoms with Crippen LogP contribution in [0.5, 0.6) is 0 Å². The van der Waals surface area contributed by atoms with Gasteiger partial charge in [0.15, 0.2) is 0 Å². The van der Waals surface area contributed by atoms with E-state index in [0.717, 1.165) is 22.3 Å². The second-order valence-electron chi connectivity index (χ2n) is 5.35. The minimum atomic E-state index is -1.28. The van der Waals surface area contributed by atoms with Crippen LogP contribution in [0.3, 0.4) is 0 Å². The van der Waals surface area contributed by atoms with Crippen molar-refractivity contribution in [1.29, 1.82) is 5.26 Å². The molecule has 0 saturated carbocycles. The summed E-state index contributed by atoms with van der Waals surface area (Å²) in [4.78, 5) is 0. The molecule has 1 N–H and O–H groups in total. The zero-order valence-electron chi connectivity index (χ0n) is 12.1. The molecule has 0 aromatic heterocycles. The summed E-state index contributed by atoms with van der Waals surface area (Å²) in [6, 6.07) is 17.6. The van der Waals surface area contributed by atoms with Crippen LogP contribution in [-0.2, 0) is 5.60 Å². The van der Waals surface area contributed by atoms with Gasteiger partial charge >= 0.3 is 0 Å². The quantitative estimate of drug-likeness (QED) is 0.919. The minimum Gasteiger partial charge on any atom is -0.379 e. The second kappa shape index (κ2) is 5.48. The third kappa shape index (κ3) is 2.45. The molecule has 0 aliphatic heterocycles. The summed E-state index contributed by atoms with van der Waals surface area (Å²) >= 11 is 0. The zero-order valence-corrected chi connectivity index (χ0v) is 12.1. The number of nitriles is 1. The number of aryl methyl sites for hydroxylation is 2.